The minimum absolute atomic E-state index is 0.0649. The van der Waals surface area contributed by atoms with Gasteiger partial charge in [-0.1, -0.05) is 67.7 Å². The highest BCUT2D eigenvalue weighted by atomic mass is 79.9. The fourth-order valence-electron chi connectivity index (χ4n) is 3.48. The fourth-order valence-corrected chi connectivity index (χ4v) is 6.46. The van der Waals surface area contributed by atoms with Crippen molar-refractivity contribution in [1.82, 2.24) is 9.66 Å². The number of halogens is 5. The van der Waals surface area contributed by atoms with E-state index < -0.39 is 0 Å². The predicted molar refractivity (Wildman–Crippen MR) is 163 cm³/mol. The second-order valence-corrected chi connectivity index (χ2v) is 12.5. The molecule has 10 heteroatoms. The average molecular weight is 806 g/mol. The normalized spacial score (nSPS) is 12.4. The van der Waals surface area contributed by atoms with Crippen molar-refractivity contribution in [2.75, 3.05) is 0 Å². The maximum Gasteiger partial charge on any atom is 0.282 e. The van der Waals surface area contributed by atoms with E-state index in [1.165, 1.54) is 4.68 Å². The monoisotopic (exact) mass is 801 g/mol. The SMILES string of the molecule is CC[C@@H](C)c1nc2ccc(Br)cc2c(=O)n1N=Cc1cc(Br)c(OCc2ccc(Br)cc2Br)c(Br)c1. The van der Waals surface area contributed by atoms with E-state index in [-0.39, 0.29) is 11.5 Å². The van der Waals surface area contributed by atoms with E-state index in [0.717, 1.165) is 39.9 Å². The summed E-state index contributed by atoms with van der Waals surface area (Å²) < 4.78 is 11.8. The Morgan fingerprint density at radius 1 is 0.972 bits per heavy atom. The second-order valence-electron chi connectivity index (χ2n) is 8.14. The molecule has 0 aliphatic heterocycles. The maximum absolute atomic E-state index is 13.3. The number of hydrogen-bond acceptors (Lipinski definition) is 4. The van der Waals surface area contributed by atoms with E-state index in [9.17, 15) is 4.79 Å². The van der Waals surface area contributed by atoms with Gasteiger partial charge >= 0.3 is 0 Å². The molecule has 36 heavy (non-hydrogen) atoms. The minimum Gasteiger partial charge on any atom is -0.486 e. The Hall–Kier alpha value is -1.33. The molecular weight excluding hydrogens is 786 g/mol. The molecule has 0 amide bonds. The Labute approximate surface area is 251 Å². The van der Waals surface area contributed by atoms with Crippen LogP contribution in [0, 0.1) is 0 Å². The van der Waals surface area contributed by atoms with Gasteiger partial charge in [0.1, 0.15) is 18.2 Å². The van der Waals surface area contributed by atoms with Crippen LogP contribution in [0.3, 0.4) is 0 Å². The molecular formula is C26H20Br5N3O2. The molecule has 0 unspecified atom stereocenters. The highest BCUT2D eigenvalue weighted by Crippen LogP contribution is 2.35. The molecule has 0 aliphatic rings. The first-order valence-corrected chi connectivity index (χ1v) is 15.0. The summed E-state index contributed by atoms with van der Waals surface area (Å²) in [4.78, 5) is 18.1. The van der Waals surface area contributed by atoms with Gasteiger partial charge < -0.3 is 4.74 Å². The molecule has 4 aromatic rings. The van der Waals surface area contributed by atoms with Crippen LogP contribution in [0.5, 0.6) is 5.75 Å². The summed E-state index contributed by atoms with van der Waals surface area (Å²) in [6.45, 7) is 4.50. The fraction of sp³-hybridized carbons (Fsp3) is 0.192. The lowest BCUT2D eigenvalue weighted by Gasteiger charge is -2.14. The zero-order valence-electron chi connectivity index (χ0n) is 19.2. The molecule has 5 nitrogen and oxygen atoms in total. The van der Waals surface area contributed by atoms with Crippen molar-refractivity contribution in [2.45, 2.75) is 32.8 Å². The Bertz CT molecular complexity index is 1510. The summed E-state index contributed by atoms with van der Waals surface area (Å²) in [5.41, 5.74) is 2.28. The van der Waals surface area contributed by atoms with E-state index in [2.05, 4.69) is 91.7 Å². The van der Waals surface area contributed by atoms with Gasteiger partial charge in [-0.05, 0) is 86.3 Å². The second kappa shape index (κ2) is 12.0. The third-order valence-corrected chi connectivity index (χ3v) is 8.52. The largest absolute Gasteiger partial charge is 0.486 e. The topological polar surface area (TPSA) is 56.5 Å². The number of hydrogen-bond donors (Lipinski definition) is 0. The molecule has 0 aliphatic carbocycles. The maximum atomic E-state index is 13.3. The van der Waals surface area contributed by atoms with Crippen LogP contribution in [-0.4, -0.2) is 15.9 Å². The third kappa shape index (κ3) is 6.20. The zero-order valence-corrected chi connectivity index (χ0v) is 27.2. The Morgan fingerprint density at radius 3 is 2.31 bits per heavy atom. The van der Waals surface area contributed by atoms with Gasteiger partial charge in [0.2, 0.25) is 0 Å². The number of rotatable bonds is 7. The highest BCUT2D eigenvalue weighted by Gasteiger charge is 2.16. The molecule has 1 heterocycles. The van der Waals surface area contributed by atoms with Crippen molar-refractivity contribution in [3.05, 3.63) is 98.2 Å². The smallest absolute Gasteiger partial charge is 0.282 e. The molecule has 0 fully saturated rings. The van der Waals surface area contributed by atoms with Crippen molar-refractivity contribution in [3.63, 3.8) is 0 Å². The quantitative estimate of drug-likeness (QED) is 0.175. The number of ether oxygens (including phenoxy) is 1. The number of nitrogens with zero attached hydrogens (tertiary/aromatic N) is 3. The van der Waals surface area contributed by atoms with Gasteiger partial charge in [0, 0.05) is 24.9 Å². The summed E-state index contributed by atoms with van der Waals surface area (Å²) in [6.07, 6.45) is 2.49. The highest BCUT2D eigenvalue weighted by molar-refractivity contribution is 9.11. The van der Waals surface area contributed by atoms with Gasteiger partial charge in [0.05, 0.1) is 26.1 Å². The van der Waals surface area contributed by atoms with Gasteiger partial charge in [-0.25, -0.2) is 4.98 Å². The van der Waals surface area contributed by atoms with Crippen LogP contribution in [0.1, 0.15) is 43.1 Å². The lowest BCUT2D eigenvalue weighted by molar-refractivity contribution is 0.301. The van der Waals surface area contributed by atoms with Gasteiger partial charge in [0.15, 0.2) is 0 Å². The first kappa shape index (κ1) is 27.7. The van der Waals surface area contributed by atoms with E-state index in [0.29, 0.717) is 29.1 Å². The average Bonchev–Trinajstić information content (AvgIpc) is 2.83. The van der Waals surface area contributed by atoms with Crippen LogP contribution in [0.25, 0.3) is 10.9 Å². The molecule has 0 bridgehead atoms. The minimum atomic E-state index is -0.203. The molecule has 0 radical (unpaired) electrons. The van der Waals surface area contributed by atoms with Gasteiger partial charge in [-0.15, -0.1) is 0 Å². The van der Waals surface area contributed by atoms with Crippen LogP contribution in [0.4, 0.5) is 0 Å². The predicted octanol–water partition coefficient (Wildman–Crippen LogP) is 9.18. The standard InChI is InChI=1S/C26H20Br5N3O2/c1-3-14(2)25-33-23-7-6-17(27)10-19(23)26(35)34(25)32-12-15-8-21(30)24(22(31)9-15)36-13-16-4-5-18(28)11-20(16)29/h4-12,14H,3,13H2,1-2H3/t14-/m1/s1. The summed E-state index contributed by atoms with van der Waals surface area (Å²) in [5.74, 6) is 1.37. The molecule has 0 spiro atoms. The van der Waals surface area contributed by atoms with Crippen molar-refractivity contribution in [2.24, 2.45) is 5.10 Å². The summed E-state index contributed by atoms with van der Waals surface area (Å²) in [5, 5.41) is 5.07. The molecule has 0 saturated carbocycles. The molecule has 0 N–H and O–H groups in total. The lowest BCUT2D eigenvalue weighted by Crippen LogP contribution is -2.23. The Morgan fingerprint density at radius 2 is 1.64 bits per heavy atom. The van der Waals surface area contributed by atoms with Crippen molar-refractivity contribution in [3.8, 4) is 5.75 Å². The third-order valence-electron chi connectivity index (χ3n) is 5.62. The van der Waals surface area contributed by atoms with Crippen LogP contribution in [0.15, 0.2) is 80.8 Å². The van der Waals surface area contributed by atoms with Gasteiger partial charge in [-0.3, -0.25) is 4.79 Å². The molecule has 3 aromatic carbocycles. The van der Waals surface area contributed by atoms with Crippen LogP contribution in [-0.2, 0) is 6.61 Å². The first-order chi connectivity index (χ1) is 17.2. The van der Waals surface area contributed by atoms with Crippen molar-refractivity contribution < 1.29 is 4.74 Å². The Kier molecular flexibility index (Phi) is 9.25. The molecule has 1 atom stereocenters. The molecule has 4 rings (SSSR count). The zero-order chi connectivity index (χ0) is 26.0. The molecule has 0 saturated heterocycles. The molecule has 186 valence electrons. The van der Waals surface area contributed by atoms with E-state index in [4.69, 9.17) is 9.72 Å². The van der Waals surface area contributed by atoms with Gasteiger partial charge in [0.25, 0.3) is 5.56 Å². The Balaban J connectivity index is 1.66. The van der Waals surface area contributed by atoms with Crippen LogP contribution >= 0.6 is 79.6 Å². The summed E-state index contributed by atoms with van der Waals surface area (Å²) >= 11 is 17.7. The van der Waals surface area contributed by atoms with Crippen LogP contribution in [0.2, 0.25) is 0 Å². The van der Waals surface area contributed by atoms with Crippen molar-refractivity contribution >= 4 is 96.8 Å². The van der Waals surface area contributed by atoms with E-state index in [1.54, 1.807) is 12.3 Å². The van der Waals surface area contributed by atoms with E-state index >= 15 is 0 Å². The van der Waals surface area contributed by atoms with Gasteiger partial charge in [-0.2, -0.15) is 9.78 Å². The summed E-state index contributed by atoms with van der Waals surface area (Å²) in [6, 6.07) is 15.3. The number of aromatic nitrogens is 2. The first-order valence-electron chi connectivity index (χ1n) is 11.0. The summed E-state index contributed by atoms with van der Waals surface area (Å²) in [7, 11) is 0. The number of benzene rings is 3. The number of fused-ring (bicyclic) bond motifs is 1. The van der Waals surface area contributed by atoms with E-state index in [1.807, 2.05) is 49.4 Å². The lowest BCUT2D eigenvalue weighted by atomic mass is 10.1. The molecule has 1 aromatic heterocycles. The van der Waals surface area contributed by atoms with Crippen molar-refractivity contribution in [1.29, 1.82) is 0 Å². The van der Waals surface area contributed by atoms with Crippen LogP contribution < -0.4 is 10.3 Å².